The van der Waals surface area contributed by atoms with Crippen LogP contribution in [0.4, 0.5) is 0 Å². The zero-order valence-electron chi connectivity index (χ0n) is 13.5. The van der Waals surface area contributed by atoms with Crippen molar-refractivity contribution in [3.63, 3.8) is 0 Å². The van der Waals surface area contributed by atoms with Crippen LogP contribution in [-0.4, -0.2) is 30.6 Å². The molecule has 4 heteroatoms. The van der Waals surface area contributed by atoms with Crippen LogP contribution in [0.25, 0.3) is 0 Å². The minimum atomic E-state index is -0.0638. The Morgan fingerprint density at radius 2 is 2.09 bits per heavy atom. The Labute approximate surface area is 141 Å². The third-order valence-corrected chi connectivity index (χ3v) is 5.45. The van der Waals surface area contributed by atoms with Crippen molar-refractivity contribution in [2.75, 3.05) is 19.7 Å². The van der Waals surface area contributed by atoms with E-state index >= 15 is 0 Å². The molecular formula is C19H23NO2S. The van der Waals surface area contributed by atoms with Gasteiger partial charge in [-0.1, -0.05) is 36.4 Å². The highest BCUT2D eigenvalue weighted by molar-refractivity contribution is 7.10. The number of esters is 1. The van der Waals surface area contributed by atoms with Crippen molar-refractivity contribution in [1.29, 1.82) is 0 Å². The Morgan fingerprint density at radius 3 is 2.78 bits per heavy atom. The molecule has 1 saturated heterocycles. The van der Waals surface area contributed by atoms with E-state index in [1.807, 2.05) is 13.0 Å². The molecule has 0 spiro atoms. The number of likely N-dealkylation sites (tertiary alicyclic amines) is 1. The number of ether oxygens (including phenoxy) is 1. The predicted molar refractivity (Wildman–Crippen MR) is 93.5 cm³/mol. The Hall–Kier alpha value is -1.65. The van der Waals surface area contributed by atoms with Crippen molar-refractivity contribution in [1.82, 2.24) is 4.90 Å². The first-order chi connectivity index (χ1) is 11.3. The van der Waals surface area contributed by atoms with Crippen LogP contribution in [0, 0.1) is 5.92 Å². The molecule has 3 nitrogen and oxygen atoms in total. The molecule has 122 valence electrons. The molecule has 0 aliphatic carbocycles. The van der Waals surface area contributed by atoms with E-state index in [0.717, 1.165) is 26.1 Å². The molecule has 3 rings (SSSR count). The molecule has 2 atom stereocenters. The Morgan fingerprint density at radius 1 is 1.26 bits per heavy atom. The number of thiophene rings is 1. The molecule has 1 aliphatic rings. The molecule has 2 unspecified atom stereocenters. The highest BCUT2D eigenvalue weighted by Crippen LogP contribution is 2.36. The van der Waals surface area contributed by atoms with Gasteiger partial charge in [-0.25, -0.2) is 0 Å². The molecule has 0 saturated carbocycles. The van der Waals surface area contributed by atoms with E-state index in [0.29, 0.717) is 12.5 Å². The molecule has 2 aromatic rings. The maximum Gasteiger partial charge on any atom is 0.310 e. The number of benzene rings is 1. The zero-order valence-corrected chi connectivity index (χ0v) is 14.3. The monoisotopic (exact) mass is 329 g/mol. The van der Waals surface area contributed by atoms with Gasteiger partial charge < -0.3 is 4.74 Å². The number of carbonyl (C=O) groups is 1. The molecule has 1 aliphatic heterocycles. The lowest BCUT2D eigenvalue weighted by Gasteiger charge is -2.37. The van der Waals surface area contributed by atoms with Crippen LogP contribution in [0.5, 0.6) is 0 Å². The average molecular weight is 329 g/mol. The van der Waals surface area contributed by atoms with Crippen molar-refractivity contribution >= 4 is 17.3 Å². The van der Waals surface area contributed by atoms with Crippen molar-refractivity contribution < 1.29 is 9.53 Å². The lowest BCUT2D eigenvalue weighted by molar-refractivity contribution is -0.150. The summed E-state index contributed by atoms with van der Waals surface area (Å²) in [6.07, 6.45) is 1.01. The molecule has 0 amide bonds. The van der Waals surface area contributed by atoms with Crippen molar-refractivity contribution in [3.8, 4) is 0 Å². The van der Waals surface area contributed by atoms with Crippen LogP contribution in [0.3, 0.4) is 0 Å². The fourth-order valence-electron chi connectivity index (χ4n) is 3.34. The van der Waals surface area contributed by atoms with Gasteiger partial charge in [0, 0.05) is 23.9 Å². The second-order valence-electron chi connectivity index (χ2n) is 5.99. The van der Waals surface area contributed by atoms with Gasteiger partial charge in [0.05, 0.1) is 12.5 Å². The molecule has 0 radical (unpaired) electrons. The summed E-state index contributed by atoms with van der Waals surface area (Å²) in [6, 6.07) is 14.7. The molecule has 0 N–H and O–H groups in total. The maximum atomic E-state index is 12.5. The van der Waals surface area contributed by atoms with Gasteiger partial charge in [-0.15, -0.1) is 11.3 Å². The van der Waals surface area contributed by atoms with Gasteiger partial charge in [-0.2, -0.15) is 0 Å². The number of nitrogens with zero attached hydrogens (tertiary/aromatic N) is 1. The molecular weight excluding hydrogens is 306 g/mol. The number of hydrogen-bond donors (Lipinski definition) is 0. The summed E-state index contributed by atoms with van der Waals surface area (Å²) in [4.78, 5) is 16.1. The van der Waals surface area contributed by atoms with E-state index in [1.54, 1.807) is 11.3 Å². The summed E-state index contributed by atoms with van der Waals surface area (Å²) in [5.74, 6) is 0.177. The lowest BCUT2D eigenvalue weighted by Crippen LogP contribution is -2.43. The van der Waals surface area contributed by atoms with Crippen LogP contribution in [0.15, 0.2) is 47.8 Å². The van der Waals surface area contributed by atoms with E-state index in [4.69, 9.17) is 4.74 Å². The summed E-state index contributed by atoms with van der Waals surface area (Å²) in [7, 11) is 0. The minimum Gasteiger partial charge on any atom is -0.466 e. The quantitative estimate of drug-likeness (QED) is 0.779. The van der Waals surface area contributed by atoms with Gasteiger partial charge in [0.2, 0.25) is 0 Å². The SMILES string of the molecule is CCOC(=O)C1CN(Cc2ccccc2)CCC1c1cccs1. The van der Waals surface area contributed by atoms with Gasteiger partial charge in [0.25, 0.3) is 0 Å². The molecule has 1 fully saturated rings. The molecule has 0 bridgehead atoms. The summed E-state index contributed by atoms with van der Waals surface area (Å²) in [5, 5.41) is 2.09. The van der Waals surface area contributed by atoms with Crippen LogP contribution in [-0.2, 0) is 16.1 Å². The minimum absolute atomic E-state index is 0.0522. The average Bonchev–Trinajstić information content (AvgIpc) is 3.10. The van der Waals surface area contributed by atoms with E-state index in [9.17, 15) is 4.79 Å². The van der Waals surface area contributed by atoms with Crippen LogP contribution in [0.1, 0.15) is 29.7 Å². The zero-order chi connectivity index (χ0) is 16.1. The molecule has 2 heterocycles. The van der Waals surface area contributed by atoms with Crippen molar-refractivity contribution in [3.05, 3.63) is 58.3 Å². The first-order valence-electron chi connectivity index (χ1n) is 8.24. The van der Waals surface area contributed by atoms with Crippen molar-refractivity contribution in [2.45, 2.75) is 25.8 Å². The smallest absolute Gasteiger partial charge is 0.310 e. The molecule has 23 heavy (non-hydrogen) atoms. The normalized spacial score (nSPS) is 22.0. The Balaban J connectivity index is 1.72. The van der Waals surface area contributed by atoms with E-state index in [-0.39, 0.29) is 11.9 Å². The first-order valence-corrected chi connectivity index (χ1v) is 9.12. The summed E-state index contributed by atoms with van der Waals surface area (Å²) in [5.41, 5.74) is 1.30. The predicted octanol–water partition coefficient (Wildman–Crippen LogP) is 3.92. The fraction of sp³-hybridized carbons (Fsp3) is 0.421. The van der Waals surface area contributed by atoms with Gasteiger partial charge >= 0.3 is 5.97 Å². The topological polar surface area (TPSA) is 29.5 Å². The Kier molecular flexibility index (Phi) is 5.47. The van der Waals surface area contributed by atoms with E-state index in [2.05, 4.69) is 46.7 Å². The molecule has 1 aromatic carbocycles. The summed E-state index contributed by atoms with van der Waals surface area (Å²) < 4.78 is 5.35. The standard InChI is InChI=1S/C19H23NO2S/c1-2-22-19(21)17-14-20(13-15-7-4-3-5-8-15)11-10-16(17)18-9-6-12-23-18/h3-9,12,16-17H,2,10-11,13-14H2,1H3. The number of hydrogen-bond acceptors (Lipinski definition) is 4. The second-order valence-corrected chi connectivity index (χ2v) is 6.97. The summed E-state index contributed by atoms with van der Waals surface area (Å²) in [6.45, 7) is 5.02. The first kappa shape index (κ1) is 16.2. The number of carbonyl (C=O) groups excluding carboxylic acids is 1. The van der Waals surface area contributed by atoms with Crippen LogP contribution < -0.4 is 0 Å². The lowest BCUT2D eigenvalue weighted by atomic mass is 9.84. The summed E-state index contributed by atoms with van der Waals surface area (Å²) >= 11 is 1.75. The van der Waals surface area contributed by atoms with E-state index in [1.165, 1.54) is 10.4 Å². The second kappa shape index (κ2) is 7.75. The third-order valence-electron chi connectivity index (χ3n) is 4.44. The highest BCUT2D eigenvalue weighted by Gasteiger charge is 2.36. The van der Waals surface area contributed by atoms with Gasteiger partial charge in [-0.05, 0) is 36.9 Å². The van der Waals surface area contributed by atoms with Gasteiger partial charge in [0.1, 0.15) is 0 Å². The van der Waals surface area contributed by atoms with Crippen LogP contribution in [0.2, 0.25) is 0 Å². The highest BCUT2D eigenvalue weighted by atomic mass is 32.1. The van der Waals surface area contributed by atoms with Crippen LogP contribution >= 0.6 is 11.3 Å². The van der Waals surface area contributed by atoms with E-state index < -0.39 is 0 Å². The van der Waals surface area contributed by atoms with Gasteiger partial charge in [-0.3, -0.25) is 9.69 Å². The number of piperidine rings is 1. The Bertz CT molecular complexity index is 612. The maximum absolute atomic E-state index is 12.5. The van der Waals surface area contributed by atoms with Crippen molar-refractivity contribution in [2.24, 2.45) is 5.92 Å². The fourth-order valence-corrected chi connectivity index (χ4v) is 4.26. The third kappa shape index (κ3) is 4.01. The van der Waals surface area contributed by atoms with Gasteiger partial charge in [0.15, 0.2) is 0 Å². The largest absolute Gasteiger partial charge is 0.466 e. The number of rotatable bonds is 5. The molecule has 1 aromatic heterocycles.